The van der Waals surface area contributed by atoms with Crippen molar-refractivity contribution in [3.8, 4) is 0 Å². The normalized spacial score (nSPS) is 11.2. The van der Waals surface area contributed by atoms with Crippen LogP contribution in [0.4, 0.5) is 4.39 Å². The average molecular weight is 307 g/mol. The summed E-state index contributed by atoms with van der Waals surface area (Å²) in [4.78, 5) is 15.2. The van der Waals surface area contributed by atoms with Crippen LogP contribution in [0.5, 0.6) is 0 Å². The van der Waals surface area contributed by atoms with E-state index in [9.17, 15) is 9.18 Å². The molecule has 0 aliphatic heterocycles. The number of hydrogen-bond donors (Lipinski definition) is 2. The summed E-state index contributed by atoms with van der Waals surface area (Å²) < 4.78 is 15.4. The number of halogens is 1. The summed E-state index contributed by atoms with van der Waals surface area (Å²) >= 11 is 0. The quantitative estimate of drug-likeness (QED) is 0.699. The number of hydrogen-bond acceptors (Lipinski definition) is 3. The number of carbonyl (C=O) groups is 1. The van der Waals surface area contributed by atoms with Gasteiger partial charge >= 0.3 is 5.97 Å². The Morgan fingerprint density at radius 1 is 1.41 bits per heavy atom. The monoisotopic (exact) mass is 307 g/mol. The van der Waals surface area contributed by atoms with Gasteiger partial charge in [-0.15, -0.1) is 0 Å². The molecular weight excluding hydrogens is 285 g/mol. The second kappa shape index (κ2) is 7.89. The highest BCUT2D eigenvalue weighted by molar-refractivity contribution is 5.76. The van der Waals surface area contributed by atoms with Gasteiger partial charge in [0.2, 0.25) is 0 Å². The third-order valence-corrected chi connectivity index (χ3v) is 3.51. The van der Waals surface area contributed by atoms with Crippen LogP contribution in [-0.4, -0.2) is 33.7 Å². The minimum absolute atomic E-state index is 0.119. The third kappa shape index (κ3) is 4.27. The predicted molar refractivity (Wildman–Crippen MR) is 83.4 cm³/mol. The van der Waals surface area contributed by atoms with Gasteiger partial charge in [-0.25, -0.2) is 9.37 Å². The van der Waals surface area contributed by atoms with Crippen LogP contribution in [0.3, 0.4) is 0 Å². The van der Waals surface area contributed by atoms with Gasteiger partial charge in [-0.05, 0) is 31.5 Å². The maximum atomic E-state index is 13.3. The smallest absolute Gasteiger partial charge is 0.303 e. The van der Waals surface area contributed by atoms with Gasteiger partial charge in [-0.2, -0.15) is 0 Å². The first-order valence-electron chi connectivity index (χ1n) is 7.69. The van der Waals surface area contributed by atoms with Gasteiger partial charge in [0.25, 0.3) is 0 Å². The summed E-state index contributed by atoms with van der Waals surface area (Å²) in [6.07, 6.45) is 2.46. The molecule has 120 valence electrons. The summed E-state index contributed by atoms with van der Waals surface area (Å²) in [6, 6.07) is 4.55. The molecule has 6 heteroatoms. The van der Waals surface area contributed by atoms with Crippen molar-refractivity contribution in [3.63, 3.8) is 0 Å². The van der Waals surface area contributed by atoms with Crippen molar-refractivity contribution in [1.82, 2.24) is 14.9 Å². The summed E-state index contributed by atoms with van der Waals surface area (Å²) in [5, 5.41) is 12.1. The number of aromatic nitrogens is 2. The summed E-state index contributed by atoms with van der Waals surface area (Å²) in [6.45, 7) is 4.45. The second-order valence-electron chi connectivity index (χ2n) is 5.31. The number of rotatable bonds is 9. The average Bonchev–Trinajstić information content (AvgIpc) is 2.80. The lowest BCUT2D eigenvalue weighted by molar-refractivity contribution is -0.137. The Hall–Kier alpha value is -1.95. The Morgan fingerprint density at radius 3 is 2.95 bits per heavy atom. The van der Waals surface area contributed by atoms with Crippen LogP contribution in [0.1, 0.15) is 32.0 Å². The van der Waals surface area contributed by atoms with Gasteiger partial charge < -0.3 is 15.0 Å². The molecule has 0 spiro atoms. The standard InChI is InChI=1S/C16H22FN3O2/c1-2-8-18-9-7-15-19-13-11-12(17)5-6-14(13)20(15)10-3-4-16(21)22/h5-6,11,18H,2-4,7-10H2,1H3,(H,21,22). The van der Waals surface area contributed by atoms with Crippen molar-refractivity contribution in [1.29, 1.82) is 0 Å². The second-order valence-corrected chi connectivity index (χ2v) is 5.31. The van der Waals surface area contributed by atoms with Crippen LogP contribution in [-0.2, 0) is 17.8 Å². The molecule has 0 aliphatic rings. The first-order valence-corrected chi connectivity index (χ1v) is 7.69. The number of aryl methyl sites for hydroxylation is 1. The van der Waals surface area contributed by atoms with Crippen LogP contribution in [0.15, 0.2) is 18.2 Å². The van der Waals surface area contributed by atoms with E-state index >= 15 is 0 Å². The number of carboxylic acids is 1. The maximum Gasteiger partial charge on any atom is 0.303 e. The van der Waals surface area contributed by atoms with Crippen molar-refractivity contribution in [2.24, 2.45) is 0 Å². The van der Waals surface area contributed by atoms with E-state index in [1.165, 1.54) is 12.1 Å². The SMILES string of the molecule is CCCNCCc1nc2cc(F)ccc2n1CCCC(=O)O. The zero-order chi connectivity index (χ0) is 15.9. The Kier molecular flexibility index (Phi) is 5.89. The van der Waals surface area contributed by atoms with Crippen LogP contribution < -0.4 is 5.32 Å². The molecule has 2 aromatic rings. The van der Waals surface area contributed by atoms with E-state index in [2.05, 4.69) is 17.2 Å². The molecular formula is C16H22FN3O2. The van der Waals surface area contributed by atoms with Crippen LogP contribution >= 0.6 is 0 Å². The number of benzene rings is 1. The summed E-state index contributed by atoms with van der Waals surface area (Å²) in [5.74, 6) is -0.241. The molecule has 0 amide bonds. The van der Waals surface area contributed by atoms with Crippen LogP contribution in [0.25, 0.3) is 11.0 Å². The predicted octanol–water partition coefficient (Wildman–Crippen LogP) is 2.58. The molecule has 0 atom stereocenters. The zero-order valence-electron chi connectivity index (χ0n) is 12.8. The van der Waals surface area contributed by atoms with Gasteiger partial charge in [-0.1, -0.05) is 6.92 Å². The van der Waals surface area contributed by atoms with Gasteiger partial charge in [-0.3, -0.25) is 4.79 Å². The van der Waals surface area contributed by atoms with Gasteiger partial charge in [0.1, 0.15) is 11.6 Å². The molecule has 0 saturated carbocycles. The minimum Gasteiger partial charge on any atom is -0.481 e. The Morgan fingerprint density at radius 2 is 2.23 bits per heavy atom. The fraction of sp³-hybridized carbons (Fsp3) is 0.500. The highest BCUT2D eigenvalue weighted by atomic mass is 19.1. The van der Waals surface area contributed by atoms with E-state index in [-0.39, 0.29) is 12.2 Å². The fourth-order valence-electron chi connectivity index (χ4n) is 2.48. The van der Waals surface area contributed by atoms with Crippen molar-refractivity contribution >= 4 is 17.0 Å². The van der Waals surface area contributed by atoms with E-state index in [0.717, 1.165) is 37.3 Å². The zero-order valence-corrected chi connectivity index (χ0v) is 12.8. The highest BCUT2D eigenvalue weighted by Gasteiger charge is 2.11. The molecule has 2 rings (SSSR count). The Labute approximate surface area is 129 Å². The third-order valence-electron chi connectivity index (χ3n) is 3.51. The fourth-order valence-corrected chi connectivity index (χ4v) is 2.48. The highest BCUT2D eigenvalue weighted by Crippen LogP contribution is 2.19. The maximum absolute atomic E-state index is 13.3. The van der Waals surface area contributed by atoms with Gasteiger partial charge in [0.05, 0.1) is 11.0 Å². The largest absolute Gasteiger partial charge is 0.481 e. The van der Waals surface area contributed by atoms with Crippen molar-refractivity contribution in [2.45, 2.75) is 39.2 Å². The lowest BCUT2D eigenvalue weighted by atomic mass is 10.2. The molecule has 1 aromatic heterocycles. The van der Waals surface area contributed by atoms with Crippen molar-refractivity contribution in [3.05, 3.63) is 29.8 Å². The van der Waals surface area contributed by atoms with Gasteiger partial charge in [0, 0.05) is 32.0 Å². The molecule has 22 heavy (non-hydrogen) atoms. The molecule has 0 saturated heterocycles. The lowest BCUT2D eigenvalue weighted by Gasteiger charge is -2.09. The number of nitrogens with one attached hydrogen (secondary N) is 1. The lowest BCUT2D eigenvalue weighted by Crippen LogP contribution is -2.19. The molecule has 0 bridgehead atoms. The molecule has 0 radical (unpaired) electrons. The first kappa shape index (κ1) is 16.4. The van der Waals surface area contributed by atoms with E-state index in [1.807, 2.05) is 4.57 Å². The Bertz CT molecular complexity index is 640. The van der Waals surface area contributed by atoms with E-state index in [0.29, 0.717) is 18.5 Å². The number of carboxylic acid groups (broad SMARTS) is 1. The number of aliphatic carboxylic acids is 1. The molecule has 1 heterocycles. The topological polar surface area (TPSA) is 67.2 Å². The van der Waals surface area contributed by atoms with Crippen LogP contribution in [0.2, 0.25) is 0 Å². The van der Waals surface area contributed by atoms with E-state index in [1.54, 1.807) is 6.07 Å². The van der Waals surface area contributed by atoms with E-state index in [4.69, 9.17) is 5.11 Å². The number of nitrogens with zero attached hydrogens (tertiary/aromatic N) is 2. The molecule has 1 aromatic carbocycles. The molecule has 2 N–H and O–H groups in total. The molecule has 5 nitrogen and oxygen atoms in total. The van der Waals surface area contributed by atoms with E-state index < -0.39 is 5.97 Å². The molecule has 0 fully saturated rings. The first-order chi connectivity index (χ1) is 10.6. The molecule has 0 unspecified atom stereocenters. The minimum atomic E-state index is -0.804. The number of imidazole rings is 1. The summed E-state index contributed by atoms with van der Waals surface area (Å²) in [5.41, 5.74) is 1.48. The van der Waals surface area contributed by atoms with Crippen molar-refractivity contribution < 1.29 is 14.3 Å². The molecule has 0 aliphatic carbocycles. The van der Waals surface area contributed by atoms with Crippen molar-refractivity contribution in [2.75, 3.05) is 13.1 Å². The van der Waals surface area contributed by atoms with Gasteiger partial charge in [0.15, 0.2) is 0 Å². The number of fused-ring (bicyclic) bond motifs is 1. The summed E-state index contributed by atoms with van der Waals surface area (Å²) in [7, 11) is 0. The Balaban J connectivity index is 2.17. The van der Waals surface area contributed by atoms with Crippen LogP contribution in [0, 0.1) is 5.82 Å².